The molecule has 2 aromatic carbocycles. The van der Waals surface area contributed by atoms with Crippen molar-refractivity contribution >= 4 is 27.3 Å². The molecule has 1 amide bonds. The van der Waals surface area contributed by atoms with Gasteiger partial charge in [0.25, 0.3) is 0 Å². The van der Waals surface area contributed by atoms with Gasteiger partial charge in [0, 0.05) is 17.5 Å². The molecule has 0 fully saturated rings. The average molecular weight is 555 g/mol. The topological polar surface area (TPSA) is 66.9 Å². The van der Waals surface area contributed by atoms with E-state index in [9.17, 15) is 13.2 Å². The Morgan fingerprint density at radius 1 is 1.11 bits per heavy atom. The average Bonchev–Trinajstić information content (AvgIpc) is 3.39. The number of carbonyl (C=O) groups is 1. The SMILES string of the molecule is CCC(C)N(CC(=O)N1CCc2sccc2C1c1ccc(OC)cc1)S(=O)(=O)c1ccc(C(C)(C)C)cc1. The number of sulfonamides is 1. The number of rotatable bonds is 8. The number of nitrogens with zero attached hydrogens (tertiary/aromatic N) is 2. The summed E-state index contributed by atoms with van der Waals surface area (Å²) >= 11 is 1.70. The second-order valence-electron chi connectivity index (χ2n) is 10.9. The van der Waals surface area contributed by atoms with Gasteiger partial charge in [-0.2, -0.15) is 4.31 Å². The molecule has 4 rings (SSSR count). The number of thiophene rings is 1. The molecule has 0 saturated heterocycles. The van der Waals surface area contributed by atoms with E-state index in [1.165, 1.54) is 9.18 Å². The highest BCUT2D eigenvalue weighted by Gasteiger charge is 2.37. The third-order valence-electron chi connectivity index (χ3n) is 7.42. The number of ether oxygens (including phenoxy) is 1. The first-order chi connectivity index (χ1) is 18.0. The van der Waals surface area contributed by atoms with Crippen LogP contribution in [0, 0.1) is 0 Å². The van der Waals surface area contributed by atoms with Gasteiger partial charge >= 0.3 is 0 Å². The Balaban J connectivity index is 1.66. The van der Waals surface area contributed by atoms with Crippen molar-refractivity contribution in [1.82, 2.24) is 9.21 Å². The lowest BCUT2D eigenvalue weighted by atomic mass is 9.87. The van der Waals surface area contributed by atoms with Gasteiger partial charge in [-0.15, -0.1) is 11.3 Å². The standard InChI is InChI=1S/C30H38N2O4S2/c1-7-21(2)32(38(34,35)25-14-10-23(11-15-25)30(3,4)5)20-28(33)31-18-16-27-26(17-19-37-27)29(31)22-8-12-24(36-6)13-9-22/h8-15,17,19,21,29H,7,16,18,20H2,1-6H3. The summed E-state index contributed by atoms with van der Waals surface area (Å²) in [7, 11) is -2.25. The van der Waals surface area contributed by atoms with Gasteiger partial charge in [-0.25, -0.2) is 8.42 Å². The molecule has 0 aliphatic carbocycles. The van der Waals surface area contributed by atoms with Crippen molar-refractivity contribution in [2.45, 2.75) is 69.9 Å². The van der Waals surface area contributed by atoms with Crippen LogP contribution in [0.15, 0.2) is 64.9 Å². The van der Waals surface area contributed by atoms with Crippen molar-refractivity contribution in [3.05, 3.63) is 81.5 Å². The fraction of sp³-hybridized carbons (Fsp3) is 0.433. The molecule has 0 saturated carbocycles. The van der Waals surface area contributed by atoms with E-state index < -0.39 is 10.0 Å². The van der Waals surface area contributed by atoms with E-state index in [1.807, 2.05) is 55.1 Å². The molecule has 0 N–H and O–H groups in total. The van der Waals surface area contributed by atoms with Crippen LogP contribution in [-0.4, -0.2) is 49.8 Å². The fourth-order valence-corrected chi connectivity index (χ4v) is 7.46. The zero-order valence-corrected chi connectivity index (χ0v) is 24.7. The maximum absolute atomic E-state index is 13.9. The van der Waals surface area contributed by atoms with E-state index in [0.29, 0.717) is 13.0 Å². The Morgan fingerprint density at radius 3 is 2.34 bits per heavy atom. The molecule has 1 aliphatic rings. The van der Waals surface area contributed by atoms with Gasteiger partial charge in [-0.1, -0.05) is 52.0 Å². The minimum atomic E-state index is -3.88. The molecule has 2 heterocycles. The Hall–Kier alpha value is -2.68. The molecule has 8 heteroatoms. The molecule has 0 radical (unpaired) electrons. The molecule has 38 heavy (non-hydrogen) atoms. The van der Waals surface area contributed by atoms with E-state index >= 15 is 0 Å². The van der Waals surface area contributed by atoms with E-state index in [-0.39, 0.29) is 34.8 Å². The van der Waals surface area contributed by atoms with E-state index in [0.717, 1.165) is 28.9 Å². The van der Waals surface area contributed by atoms with Gasteiger partial charge < -0.3 is 9.64 Å². The summed E-state index contributed by atoms with van der Waals surface area (Å²) in [5.41, 5.74) is 3.06. The Bertz CT molecular complexity index is 1360. The fourth-order valence-electron chi connectivity index (χ4n) is 4.90. The summed E-state index contributed by atoms with van der Waals surface area (Å²) in [6.07, 6.45) is 1.36. The maximum atomic E-state index is 13.9. The minimum absolute atomic E-state index is 0.0834. The second kappa shape index (κ2) is 11.2. The van der Waals surface area contributed by atoms with Crippen molar-refractivity contribution in [3.63, 3.8) is 0 Å². The van der Waals surface area contributed by atoms with Crippen molar-refractivity contribution in [2.24, 2.45) is 0 Å². The van der Waals surface area contributed by atoms with E-state index in [4.69, 9.17) is 4.74 Å². The summed E-state index contributed by atoms with van der Waals surface area (Å²) in [5.74, 6) is 0.553. The summed E-state index contributed by atoms with van der Waals surface area (Å²) in [4.78, 5) is 17.2. The van der Waals surface area contributed by atoms with Crippen LogP contribution in [0.3, 0.4) is 0 Å². The van der Waals surface area contributed by atoms with Crippen molar-refractivity contribution < 1.29 is 17.9 Å². The normalized spacial score (nSPS) is 16.8. The minimum Gasteiger partial charge on any atom is -0.497 e. The Labute approximate surface area is 231 Å². The molecule has 1 aliphatic heterocycles. The number of carbonyl (C=O) groups excluding carboxylic acids is 1. The molecule has 204 valence electrons. The van der Waals surface area contributed by atoms with Crippen LogP contribution in [0.25, 0.3) is 0 Å². The first-order valence-electron chi connectivity index (χ1n) is 13.1. The Kier molecular flexibility index (Phi) is 8.35. The van der Waals surface area contributed by atoms with Crippen molar-refractivity contribution in [1.29, 1.82) is 0 Å². The highest BCUT2D eigenvalue weighted by molar-refractivity contribution is 7.89. The lowest BCUT2D eigenvalue weighted by Crippen LogP contribution is -2.49. The van der Waals surface area contributed by atoms with Crippen LogP contribution < -0.4 is 4.74 Å². The molecule has 0 bridgehead atoms. The van der Waals surface area contributed by atoms with Gasteiger partial charge in [0.1, 0.15) is 5.75 Å². The van der Waals surface area contributed by atoms with Crippen LogP contribution in [-0.2, 0) is 26.7 Å². The highest BCUT2D eigenvalue weighted by atomic mass is 32.2. The Morgan fingerprint density at radius 2 is 1.76 bits per heavy atom. The molecule has 2 unspecified atom stereocenters. The van der Waals surface area contributed by atoms with E-state index in [2.05, 4.69) is 32.2 Å². The smallest absolute Gasteiger partial charge is 0.243 e. The molecule has 3 aromatic rings. The summed E-state index contributed by atoms with van der Waals surface area (Å²) < 4.78 is 34.4. The molecule has 2 atom stereocenters. The van der Waals surface area contributed by atoms with Gasteiger partial charge in [0.05, 0.1) is 24.6 Å². The molecule has 6 nitrogen and oxygen atoms in total. The second-order valence-corrected chi connectivity index (χ2v) is 13.8. The first kappa shape index (κ1) is 28.3. The largest absolute Gasteiger partial charge is 0.497 e. The third-order valence-corrected chi connectivity index (χ3v) is 10.4. The monoisotopic (exact) mass is 554 g/mol. The van der Waals surface area contributed by atoms with Gasteiger partial charge in [-0.05, 0) is 77.6 Å². The molecule has 1 aromatic heterocycles. The molecule has 0 spiro atoms. The first-order valence-corrected chi connectivity index (χ1v) is 15.4. The predicted molar refractivity (Wildman–Crippen MR) is 153 cm³/mol. The van der Waals surface area contributed by atoms with Crippen LogP contribution in [0.2, 0.25) is 0 Å². The zero-order chi connectivity index (χ0) is 27.7. The summed E-state index contributed by atoms with van der Waals surface area (Å²) in [6, 6.07) is 16.3. The number of methoxy groups -OCH3 is 1. The third kappa shape index (κ3) is 5.67. The van der Waals surface area contributed by atoms with Crippen molar-refractivity contribution in [2.75, 3.05) is 20.2 Å². The summed E-state index contributed by atoms with van der Waals surface area (Å²) in [5, 5.41) is 2.06. The number of hydrogen-bond donors (Lipinski definition) is 0. The molecular weight excluding hydrogens is 516 g/mol. The number of amides is 1. The van der Waals surface area contributed by atoms with Gasteiger partial charge in [-0.3, -0.25) is 4.79 Å². The van der Waals surface area contributed by atoms with E-state index in [1.54, 1.807) is 30.6 Å². The highest BCUT2D eigenvalue weighted by Crippen LogP contribution is 2.38. The number of benzene rings is 2. The zero-order valence-electron chi connectivity index (χ0n) is 23.1. The van der Waals surface area contributed by atoms with Gasteiger partial charge in [0.15, 0.2) is 0 Å². The van der Waals surface area contributed by atoms with Crippen LogP contribution in [0.1, 0.15) is 68.6 Å². The lowest BCUT2D eigenvalue weighted by molar-refractivity contribution is -0.133. The van der Waals surface area contributed by atoms with Crippen LogP contribution in [0.5, 0.6) is 5.75 Å². The molecular formula is C30H38N2O4S2. The summed E-state index contributed by atoms with van der Waals surface area (Å²) in [6.45, 7) is 10.4. The van der Waals surface area contributed by atoms with Gasteiger partial charge in [0.2, 0.25) is 15.9 Å². The predicted octanol–water partition coefficient (Wildman–Crippen LogP) is 6.02. The number of fused-ring (bicyclic) bond motifs is 1. The van der Waals surface area contributed by atoms with Crippen LogP contribution in [0.4, 0.5) is 0 Å². The van der Waals surface area contributed by atoms with Crippen molar-refractivity contribution in [3.8, 4) is 5.75 Å². The lowest BCUT2D eigenvalue weighted by Gasteiger charge is -2.38. The van der Waals surface area contributed by atoms with Crippen LogP contribution >= 0.6 is 11.3 Å². The quantitative estimate of drug-likeness (QED) is 0.342. The number of hydrogen-bond acceptors (Lipinski definition) is 5. The maximum Gasteiger partial charge on any atom is 0.243 e.